The third-order valence-electron chi connectivity index (χ3n) is 1.46. The summed E-state index contributed by atoms with van der Waals surface area (Å²) in [5, 5.41) is 8.36. The van der Waals surface area contributed by atoms with Crippen LogP contribution in [-0.2, 0) is 0 Å². The zero-order valence-electron chi connectivity index (χ0n) is 7.06. The fourth-order valence-corrected chi connectivity index (χ4v) is 0.915. The van der Waals surface area contributed by atoms with Crippen molar-refractivity contribution in [3.8, 4) is 5.75 Å². The number of rotatable bonds is 2. The summed E-state index contributed by atoms with van der Waals surface area (Å²) in [6.45, 7) is 0. The van der Waals surface area contributed by atoms with Crippen LogP contribution in [0, 0.1) is 0 Å². The number of carboxylic acid groups (broad SMARTS) is 1. The number of nitrogens with two attached hydrogens (primary N) is 1. The lowest BCUT2D eigenvalue weighted by Crippen LogP contribution is -2.30. The smallest absolute Gasteiger partial charge is 0.449 e. The minimum Gasteiger partial charge on any atom is -0.449 e. The van der Waals surface area contributed by atoms with Gasteiger partial charge in [-0.05, 0) is 12.1 Å². The molecule has 0 atom stereocenters. The van der Waals surface area contributed by atoms with Crippen LogP contribution in [0.15, 0.2) is 24.3 Å². The van der Waals surface area contributed by atoms with Crippen LogP contribution in [0.3, 0.4) is 0 Å². The summed E-state index contributed by atoms with van der Waals surface area (Å²) < 4.78 is 4.37. The van der Waals surface area contributed by atoms with Gasteiger partial charge in [-0.2, -0.15) is 0 Å². The van der Waals surface area contributed by atoms with E-state index in [1.165, 1.54) is 12.1 Å². The number of carbonyl (C=O) groups is 2. The van der Waals surface area contributed by atoms with E-state index in [2.05, 4.69) is 4.74 Å². The molecule has 0 saturated carbocycles. The van der Waals surface area contributed by atoms with E-state index < -0.39 is 12.1 Å². The molecular formula is C8H8N2O4. The number of benzene rings is 1. The maximum atomic E-state index is 11.1. The highest BCUT2D eigenvalue weighted by Gasteiger charge is 2.12. The Kier molecular flexibility index (Phi) is 3.03. The Balaban J connectivity index is 3.02. The molecule has 6 nitrogen and oxygen atoms in total. The molecule has 74 valence electrons. The number of amides is 1. The third kappa shape index (κ3) is 2.20. The van der Waals surface area contributed by atoms with Gasteiger partial charge in [-0.15, -0.1) is 0 Å². The van der Waals surface area contributed by atoms with Gasteiger partial charge in [0.25, 0.3) is 5.91 Å². The second kappa shape index (κ2) is 4.24. The topological polar surface area (TPSA) is 102 Å². The van der Waals surface area contributed by atoms with Gasteiger partial charge in [0.15, 0.2) is 0 Å². The predicted molar refractivity (Wildman–Crippen MR) is 46.7 cm³/mol. The summed E-state index contributed by atoms with van der Waals surface area (Å²) in [5.41, 5.74) is 1.95. The van der Waals surface area contributed by atoms with Gasteiger partial charge in [-0.3, -0.25) is 10.2 Å². The summed E-state index contributed by atoms with van der Waals surface area (Å²) in [5.74, 6) is 4.24. The molecule has 1 rings (SSSR count). The maximum absolute atomic E-state index is 11.1. The first kappa shape index (κ1) is 10.0. The molecule has 0 spiro atoms. The van der Waals surface area contributed by atoms with Gasteiger partial charge in [0.1, 0.15) is 5.75 Å². The molecule has 0 bridgehead atoms. The van der Waals surface area contributed by atoms with Crippen LogP contribution < -0.4 is 16.0 Å². The Morgan fingerprint density at radius 2 is 2.00 bits per heavy atom. The molecule has 0 fully saturated rings. The van der Waals surface area contributed by atoms with Crippen molar-refractivity contribution >= 4 is 12.1 Å². The van der Waals surface area contributed by atoms with Crippen LogP contribution in [0.2, 0.25) is 0 Å². The Hall–Kier alpha value is -2.08. The van der Waals surface area contributed by atoms with Crippen molar-refractivity contribution in [3.63, 3.8) is 0 Å². The zero-order chi connectivity index (χ0) is 10.6. The third-order valence-corrected chi connectivity index (χ3v) is 1.46. The minimum atomic E-state index is -1.48. The number of para-hydroxylation sites is 1. The highest BCUT2D eigenvalue weighted by Crippen LogP contribution is 2.17. The molecule has 0 radical (unpaired) electrons. The Labute approximate surface area is 79.3 Å². The lowest BCUT2D eigenvalue weighted by atomic mass is 10.2. The Morgan fingerprint density at radius 1 is 1.36 bits per heavy atom. The van der Waals surface area contributed by atoms with Crippen molar-refractivity contribution in [3.05, 3.63) is 29.8 Å². The standard InChI is InChI=1S/C8H8N2O4/c9-10-7(11)5-3-1-2-4-6(5)14-8(12)13/h1-4H,9H2,(H,10,11)(H,12,13). The van der Waals surface area contributed by atoms with E-state index in [0.717, 1.165) is 0 Å². The molecule has 1 aromatic carbocycles. The molecule has 0 heterocycles. The first-order chi connectivity index (χ1) is 6.65. The number of hydrazine groups is 1. The molecule has 0 aliphatic carbocycles. The van der Waals surface area contributed by atoms with Gasteiger partial charge < -0.3 is 9.84 Å². The first-order valence-corrected chi connectivity index (χ1v) is 3.66. The molecule has 4 N–H and O–H groups in total. The number of nitrogens with one attached hydrogen (secondary N) is 1. The van der Waals surface area contributed by atoms with Crippen LogP contribution in [-0.4, -0.2) is 17.2 Å². The van der Waals surface area contributed by atoms with Crippen molar-refractivity contribution in [2.24, 2.45) is 5.84 Å². The molecule has 6 heteroatoms. The maximum Gasteiger partial charge on any atom is 0.511 e. The van der Waals surface area contributed by atoms with E-state index in [1.807, 2.05) is 5.43 Å². The van der Waals surface area contributed by atoms with Gasteiger partial charge in [0.2, 0.25) is 0 Å². The largest absolute Gasteiger partial charge is 0.511 e. The van der Waals surface area contributed by atoms with Crippen molar-refractivity contribution < 1.29 is 19.4 Å². The quantitative estimate of drug-likeness (QED) is 0.208. The highest BCUT2D eigenvalue weighted by atomic mass is 16.7. The predicted octanol–water partition coefficient (Wildman–Crippen LogP) is 0.347. The fourth-order valence-electron chi connectivity index (χ4n) is 0.915. The molecule has 0 aliphatic rings. The average Bonchev–Trinajstić information content (AvgIpc) is 2.16. The lowest BCUT2D eigenvalue weighted by molar-refractivity contribution is 0.0949. The van der Waals surface area contributed by atoms with E-state index in [4.69, 9.17) is 10.9 Å². The summed E-state index contributed by atoms with van der Waals surface area (Å²) in [6.07, 6.45) is -1.48. The molecule has 1 aromatic rings. The number of ether oxygens (including phenoxy) is 1. The van der Waals surface area contributed by atoms with Crippen molar-refractivity contribution in [2.45, 2.75) is 0 Å². The summed E-state index contributed by atoms with van der Waals surface area (Å²) in [4.78, 5) is 21.4. The summed E-state index contributed by atoms with van der Waals surface area (Å²) in [7, 11) is 0. The average molecular weight is 196 g/mol. The summed E-state index contributed by atoms with van der Waals surface area (Å²) in [6, 6.07) is 5.88. The zero-order valence-corrected chi connectivity index (χ0v) is 7.06. The van der Waals surface area contributed by atoms with Crippen molar-refractivity contribution in [2.75, 3.05) is 0 Å². The Morgan fingerprint density at radius 3 is 2.57 bits per heavy atom. The number of nitrogen functional groups attached to an aromatic ring is 1. The minimum absolute atomic E-state index is 0.0528. The van der Waals surface area contributed by atoms with Crippen LogP contribution in [0.25, 0.3) is 0 Å². The van der Waals surface area contributed by atoms with Crippen LogP contribution in [0.5, 0.6) is 5.75 Å². The van der Waals surface area contributed by atoms with Gasteiger partial charge in [-0.1, -0.05) is 12.1 Å². The van der Waals surface area contributed by atoms with Crippen molar-refractivity contribution in [1.82, 2.24) is 5.43 Å². The van der Waals surface area contributed by atoms with Gasteiger partial charge in [0.05, 0.1) is 5.56 Å². The van der Waals surface area contributed by atoms with Crippen LogP contribution in [0.4, 0.5) is 4.79 Å². The molecule has 0 unspecified atom stereocenters. The van der Waals surface area contributed by atoms with E-state index in [-0.39, 0.29) is 11.3 Å². The number of hydrogen-bond acceptors (Lipinski definition) is 4. The first-order valence-electron chi connectivity index (χ1n) is 3.66. The van der Waals surface area contributed by atoms with E-state index in [9.17, 15) is 9.59 Å². The molecule has 0 aliphatic heterocycles. The monoisotopic (exact) mass is 196 g/mol. The molecule has 0 aromatic heterocycles. The fraction of sp³-hybridized carbons (Fsp3) is 0. The molecular weight excluding hydrogens is 188 g/mol. The van der Waals surface area contributed by atoms with Crippen LogP contribution in [0.1, 0.15) is 10.4 Å². The van der Waals surface area contributed by atoms with Crippen LogP contribution >= 0.6 is 0 Å². The van der Waals surface area contributed by atoms with Gasteiger partial charge in [-0.25, -0.2) is 10.6 Å². The molecule has 0 saturated heterocycles. The van der Waals surface area contributed by atoms with E-state index in [1.54, 1.807) is 12.1 Å². The van der Waals surface area contributed by atoms with Gasteiger partial charge in [0, 0.05) is 0 Å². The number of hydrogen-bond donors (Lipinski definition) is 3. The van der Waals surface area contributed by atoms with Gasteiger partial charge >= 0.3 is 6.16 Å². The van der Waals surface area contributed by atoms with E-state index >= 15 is 0 Å². The second-order valence-electron chi connectivity index (χ2n) is 2.34. The lowest BCUT2D eigenvalue weighted by Gasteiger charge is -2.05. The summed E-state index contributed by atoms with van der Waals surface area (Å²) >= 11 is 0. The normalized spacial score (nSPS) is 9.21. The molecule has 14 heavy (non-hydrogen) atoms. The number of carbonyl (C=O) groups excluding carboxylic acids is 1. The Bertz CT molecular complexity index is 364. The van der Waals surface area contributed by atoms with Crippen molar-refractivity contribution in [1.29, 1.82) is 0 Å². The SMILES string of the molecule is NNC(=O)c1ccccc1OC(=O)O. The second-order valence-corrected chi connectivity index (χ2v) is 2.34. The van der Waals surface area contributed by atoms with E-state index in [0.29, 0.717) is 0 Å². The molecule has 1 amide bonds. The highest BCUT2D eigenvalue weighted by molar-refractivity contribution is 5.96.